The summed E-state index contributed by atoms with van der Waals surface area (Å²) >= 11 is 0. The van der Waals surface area contributed by atoms with Gasteiger partial charge in [0.15, 0.2) is 0 Å². The van der Waals surface area contributed by atoms with Crippen molar-refractivity contribution in [2.75, 3.05) is 0 Å². The molecule has 3 rings (SSSR count). The lowest BCUT2D eigenvalue weighted by Crippen LogP contribution is -2.63. The predicted molar refractivity (Wildman–Crippen MR) is 131 cm³/mol. The zero-order valence-corrected chi connectivity index (χ0v) is 22.5. The van der Waals surface area contributed by atoms with E-state index in [1.165, 1.54) is 78.9 Å². The average Bonchev–Trinajstić information content (AvgIpc) is 2.91. The summed E-state index contributed by atoms with van der Waals surface area (Å²) in [7, 11) is -11.2. The maximum Gasteiger partial charge on any atom is 0.460 e. The van der Waals surface area contributed by atoms with Crippen LogP contribution < -0.4 is 0 Å². The first-order chi connectivity index (χ1) is 18.4. The monoisotopic (exact) mass is 618 g/mol. The van der Waals surface area contributed by atoms with Crippen molar-refractivity contribution >= 4 is 20.4 Å². The highest BCUT2D eigenvalue weighted by Crippen LogP contribution is 2.71. The fraction of sp³-hybridized carbons (Fsp3) is 0.308. The minimum Gasteiger partial charge on any atom is -0.202 e. The van der Waals surface area contributed by atoms with Crippen LogP contribution in [0.2, 0.25) is 0 Å². The molecule has 0 atom stereocenters. The van der Waals surface area contributed by atoms with Gasteiger partial charge >= 0.3 is 33.4 Å². The topological polar surface area (TPSA) is 43.4 Å². The van der Waals surface area contributed by atoms with Crippen molar-refractivity contribution in [3.8, 4) is 0 Å². The lowest BCUT2D eigenvalue weighted by molar-refractivity contribution is -0.382. The smallest absolute Gasteiger partial charge is 0.202 e. The fourth-order valence-corrected chi connectivity index (χ4v) is 8.86. The molecule has 0 radical (unpaired) electrons. The molecule has 3 aromatic carbocycles. The van der Waals surface area contributed by atoms with E-state index < -0.39 is 43.7 Å². The molecule has 0 unspecified atom stereocenters. The maximum atomic E-state index is 14.9. The molecule has 0 spiro atoms. The third kappa shape index (κ3) is 5.20. The number of halogens is 9. The van der Waals surface area contributed by atoms with Gasteiger partial charge in [-0.25, -0.2) is 3.63 Å². The molecular weight excluding hydrogens is 595 g/mol. The fourth-order valence-electron chi connectivity index (χ4n) is 3.67. The van der Waals surface area contributed by atoms with E-state index in [1.54, 1.807) is 13.8 Å². The van der Waals surface area contributed by atoms with Crippen molar-refractivity contribution in [1.82, 2.24) is 0 Å². The first-order valence-corrected chi connectivity index (χ1v) is 14.6. The third-order valence-corrected chi connectivity index (χ3v) is 11.2. The van der Waals surface area contributed by atoms with Crippen molar-refractivity contribution in [3.05, 3.63) is 90.0 Å². The number of aryl methyl sites for hydroxylation is 2. The van der Waals surface area contributed by atoms with Gasteiger partial charge in [0.05, 0.1) is 0 Å². The van der Waals surface area contributed by atoms with Gasteiger partial charge in [0, 0.05) is 14.7 Å². The second kappa shape index (κ2) is 10.9. The van der Waals surface area contributed by atoms with Gasteiger partial charge in [-0.15, -0.1) is 0 Å². The molecule has 0 aromatic heterocycles. The molecule has 0 saturated carbocycles. The summed E-state index contributed by atoms with van der Waals surface area (Å²) in [6.07, 6.45) is -6.21. The molecule has 0 N–H and O–H groups in total. The summed E-state index contributed by atoms with van der Waals surface area (Å²) in [6.45, 7) is 3.56. The molecule has 220 valence electrons. The van der Waals surface area contributed by atoms with Gasteiger partial charge < -0.3 is 0 Å². The first-order valence-electron chi connectivity index (χ1n) is 11.6. The van der Waals surface area contributed by atoms with Crippen LogP contribution in [0.3, 0.4) is 0 Å². The number of hydrogen-bond donors (Lipinski definition) is 0. The standard InChI is InChI=1S/C26H23F9O3S2/c1-3-18-10-14-21(15-11-18)39(20-8-6-5-7-9-20,22-16-12-19(4-2)13-17-22)38-40(36,37)26(34,35)24(29,30)23(27,28)25(31,32)33/h5-17H,3-4H2,1-2H3. The van der Waals surface area contributed by atoms with Crippen LogP contribution in [0.5, 0.6) is 0 Å². The van der Waals surface area contributed by atoms with Crippen molar-refractivity contribution in [2.24, 2.45) is 0 Å². The molecule has 0 aliphatic carbocycles. The second-order valence-electron chi connectivity index (χ2n) is 8.55. The van der Waals surface area contributed by atoms with Crippen LogP contribution in [-0.2, 0) is 26.6 Å². The lowest BCUT2D eigenvalue weighted by atomic mass is 10.1. The Morgan fingerprint density at radius 1 is 0.575 bits per heavy atom. The molecule has 0 aliphatic rings. The predicted octanol–water partition coefficient (Wildman–Crippen LogP) is 8.78. The molecule has 3 aromatic rings. The van der Waals surface area contributed by atoms with E-state index in [0.717, 1.165) is 0 Å². The summed E-state index contributed by atoms with van der Waals surface area (Å²) in [5, 5.41) is -7.02. The summed E-state index contributed by atoms with van der Waals surface area (Å²) in [6, 6.07) is 17.8. The zero-order chi connectivity index (χ0) is 30.2. The van der Waals surface area contributed by atoms with E-state index in [1.807, 2.05) is 0 Å². The summed E-state index contributed by atoms with van der Waals surface area (Å²) in [5.74, 6) is -14.9. The number of alkyl halides is 9. The minimum atomic E-state index is -7.43. The Labute approximate surface area is 226 Å². The molecule has 40 heavy (non-hydrogen) atoms. The Morgan fingerprint density at radius 2 is 0.950 bits per heavy atom. The highest BCUT2D eigenvalue weighted by molar-refractivity contribution is 8.33. The van der Waals surface area contributed by atoms with Crippen molar-refractivity contribution in [2.45, 2.75) is 64.7 Å². The highest BCUT2D eigenvalue weighted by atomic mass is 32.3. The van der Waals surface area contributed by atoms with Crippen molar-refractivity contribution in [1.29, 1.82) is 0 Å². The lowest BCUT2D eigenvalue weighted by Gasteiger charge is -2.41. The van der Waals surface area contributed by atoms with E-state index in [2.05, 4.69) is 0 Å². The summed E-state index contributed by atoms with van der Waals surface area (Å²) in [5.41, 5.74) is 1.41. The van der Waals surface area contributed by atoms with E-state index in [0.29, 0.717) is 24.0 Å². The highest BCUT2D eigenvalue weighted by Gasteiger charge is 2.86. The van der Waals surface area contributed by atoms with Crippen LogP contribution >= 0.6 is 10.3 Å². The van der Waals surface area contributed by atoms with Crippen LogP contribution in [0, 0.1) is 0 Å². The molecule has 0 aliphatic heterocycles. The van der Waals surface area contributed by atoms with Crippen LogP contribution in [0.15, 0.2) is 93.5 Å². The normalized spacial score (nSPS) is 14.3. The molecule has 3 nitrogen and oxygen atoms in total. The Bertz CT molecular complexity index is 1360. The second-order valence-corrected chi connectivity index (χ2v) is 13.0. The Kier molecular flexibility index (Phi) is 8.70. The number of rotatable bonds is 10. The van der Waals surface area contributed by atoms with E-state index in [4.69, 9.17) is 3.63 Å². The van der Waals surface area contributed by atoms with Gasteiger partial charge in [0.25, 0.3) is 0 Å². The number of hydrogen-bond acceptors (Lipinski definition) is 3. The van der Waals surface area contributed by atoms with Crippen LogP contribution in [-0.4, -0.2) is 31.7 Å². The Balaban J connectivity index is 2.37. The van der Waals surface area contributed by atoms with Crippen LogP contribution in [0.25, 0.3) is 0 Å². The average molecular weight is 619 g/mol. The van der Waals surface area contributed by atoms with Gasteiger partial charge in [-0.2, -0.15) is 47.9 Å². The van der Waals surface area contributed by atoms with Gasteiger partial charge in [-0.1, -0.05) is 56.3 Å². The summed E-state index contributed by atoms with van der Waals surface area (Å²) < 4.78 is 155. The van der Waals surface area contributed by atoms with Crippen molar-refractivity contribution in [3.63, 3.8) is 0 Å². The molecule has 14 heteroatoms. The van der Waals surface area contributed by atoms with Crippen LogP contribution in [0.4, 0.5) is 39.5 Å². The largest absolute Gasteiger partial charge is 0.460 e. The molecule has 0 heterocycles. The van der Waals surface area contributed by atoms with Gasteiger partial charge in [-0.3, -0.25) is 0 Å². The molecular formula is C26H23F9O3S2. The van der Waals surface area contributed by atoms with E-state index in [9.17, 15) is 47.9 Å². The Morgan fingerprint density at radius 3 is 1.30 bits per heavy atom. The molecule has 0 bridgehead atoms. The zero-order valence-electron chi connectivity index (χ0n) is 20.9. The van der Waals surface area contributed by atoms with Gasteiger partial charge in [0.2, 0.25) is 0 Å². The SMILES string of the molecule is CCc1ccc(S(OS(=O)(=O)C(F)(F)C(F)(F)C(F)(F)C(F)(F)F)(c2ccccc2)c2ccc(CC)cc2)cc1. The molecule has 0 fully saturated rings. The summed E-state index contributed by atoms with van der Waals surface area (Å²) in [4.78, 5) is -0.371. The minimum absolute atomic E-state index is 0.120. The van der Waals surface area contributed by atoms with E-state index >= 15 is 0 Å². The first kappa shape index (κ1) is 31.8. The van der Waals surface area contributed by atoms with Gasteiger partial charge in [-0.05, 0) is 70.7 Å². The number of benzene rings is 3. The molecule has 0 amide bonds. The quantitative estimate of drug-likeness (QED) is 0.214. The van der Waals surface area contributed by atoms with Crippen molar-refractivity contribution < 1.29 is 51.6 Å². The maximum absolute atomic E-state index is 14.9. The van der Waals surface area contributed by atoms with Gasteiger partial charge in [0.1, 0.15) is 0 Å². The van der Waals surface area contributed by atoms with E-state index in [-0.39, 0.29) is 14.7 Å². The molecule has 0 saturated heterocycles. The van der Waals surface area contributed by atoms with Crippen LogP contribution in [0.1, 0.15) is 25.0 Å². The third-order valence-electron chi connectivity index (χ3n) is 6.02. The Hall–Kier alpha value is -2.71.